The number of carbonyl (C=O) groups excluding carboxylic acids is 1. The van der Waals surface area contributed by atoms with Gasteiger partial charge in [0, 0.05) is 11.3 Å². The Bertz CT molecular complexity index is 394. The second-order valence-corrected chi connectivity index (χ2v) is 5.06. The molecule has 0 aromatic heterocycles. The molecule has 98 valence electrons. The smallest absolute Gasteiger partial charge is 0.325 e. The first-order chi connectivity index (χ1) is 8.59. The van der Waals surface area contributed by atoms with E-state index in [1.807, 2.05) is 30.3 Å². The van der Waals surface area contributed by atoms with Crippen LogP contribution >= 0.6 is 11.8 Å². The van der Waals surface area contributed by atoms with Gasteiger partial charge in [0.25, 0.3) is 0 Å². The Hall–Kier alpha value is -1.49. The van der Waals surface area contributed by atoms with Crippen LogP contribution in [-0.4, -0.2) is 28.8 Å². The van der Waals surface area contributed by atoms with E-state index in [0.717, 1.165) is 12.2 Å². The third-order valence-corrected chi connectivity index (χ3v) is 3.41. The Kier molecular flexibility index (Phi) is 6.28. The molecule has 1 rings (SSSR count). The Morgan fingerprint density at radius 3 is 2.61 bits per heavy atom. The molecule has 4 nitrogen and oxygen atoms in total. The number of aliphatic carboxylic acids is 1. The van der Waals surface area contributed by atoms with E-state index in [-0.39, 0.29) is 5.91 Å². The van der Waals surface area contributed by atoms with Gasteiger partial charge in [-0.15, -0.1) is 11.8 Å². The summed E-state index contributed by atoms with van der Waals surface area (Å²) in [7, 11) is 0. The Morgan fingerprint density at radius 1 is 1.33 bits per heavy atom. The number of carboxylic acids is 1. The van der Waals surface area contributed by atoms with Crippen molar-refractivity contribution in [1.29, 1.82) is 0 Å². The molecule has 0 aliphatic heterocycles. The number of carboxylic acid groups (broad SMARTS) is 1. The number of hydrogen-bond acceptors (Lipinski definition) is 3. The fraction of sp³-hybridized carbons (Fsp3) is 0.385. The standard InChI is InChI=1S/C13H17NO3S/c1-10(13(16)17)14-12(15)8-5-9-18-11-6-3-2-4-7-11/h2-4,6-7,10H,5,8-9H2,1H3,(H,14,15)(H,16,17)/t10-/m1/s1. The number of rotatable bonds is 7. The zero-order chi connectivity index (χ0) is 13.4. The van der Waals surface area contributed by atoms with Gasteiger partial charge in [-0.25, -0.2) is 0 Å². The fourth-order valence-corrected chi connectivity index (χ4v) is 2.19. The zero-order valence-corrected chi connectivity index (χ0v) is 11.1. The van der Waals surface area contributed by atoms with Crippen LogP contribution in [0.3, 0.4) is 0 Å². The molecule has 0 saturated heterocycles. The van der Waals surface area contributed by atoms with Crippen LogP contribution in [-0.2, 0) is 9.59 Å². The third-order valence-electron chi connectivity index (χ3n) is 2.31. The highest BCUT2D eigenvalue weighted by atomic mass is 32.2. The molecule has 0 saturated carbocycles. The SMILES string of the molecule is C[C@@H](NC(=O)CCCSc1ccccc1)C(=O)O. The first-order valence-electron chi connectivity index (χ1n) is 5.79. The topological polar surface area (TPSA) is 66.4 Å². The number of benzene rings is 1. The molecular formula is C13H17NO3S. The van der Waals surface area contributed by atoms with Crippen molar-refractivity contribution in [2.75, 3.05) is 5.75 Å². The third kappa shape index (κ3) is 5.72. The van der Waals surface area contributed by atoms with Crippen LogP contribution in [0.5, 0.6) is 0 Å². The maximum atomic E-state index is 11.4. The molecular weight excluding hydrogens is 250 g/mol. The summed E-state index contributed by atoms with van der Waals surface area (Å²) in [6.07, 6.45) is 1.09. The van der Waals surface area contributed by atoms with Gasteiger partial charge >= 0.3 is 5.97 Å². The van der Waals surface area contributed by atoms with Crippen molar-refractivity contribution in [3.05, 3.63) is 30.3 Å². The van der Waals surface area contributed by atoms with E-state index in [1.54, 1.807) is 11.8 Å². The lowest BCUT2D eigenvalue weighted by atomic mass is 10.3. The zero-order valence-electron chi connectivity index (χ0n) is 10.3. The van der Waals surface area contributed by atoms with Crippen molar-refractivity contribution < 1.29 is 14.7 Å². The van der Waals surface area contributed by atoms with Gasteiger partial charge < -0.3 is 10.4 Å². The number of hydrogen-bond donors (Lipinski definition) is 2. The van der Waals surface area contributed by atoms with E-state index < -0.39 is 12.0 Å². The van der Waals surface area contributed by atoms with Gasteiger partial charge in [-0.05, 0) is 31.2 Å². The van der Waals surface area contributed by atoms with Gasteiger partial charge in [-0.3, -0.25) is 9.59 Å². The minimum absolute atomic E-state index is 0.210. The summed E-state index contributed by atoms with van der Waals surface area (Å²) in [5.41, 5.74) is 0. The van der Waals surface area contributed by atoms with Crippen LogP contribution in [0.25, 0.3) is 0 Å². The normalized spacial score (nSPS) is 11.8. The summed E-state index contributed by atoms with van der Waals surface area (Å²) in [5, 5.41) is 11.1. The Balaban J connectivity index is 2.14. The van der Waals surface area contributed by atoms with Crippen molar-refractivity contribution in [1.82, 2.24) is 5.32 Å². The van der Waals surface area contributed by atoms with E-state index in [2.05, 4.69) is 5.32 Å². The molecule has 1 aromatic rings. The van der Waals surface area contributed by atoms with E-state index in [1.165, 1.54) is 11.8 Å². The highest BCUT2D eigenvalue weighted by molar-refractivity contribution is 7.99. The summed E-state index contributed by atoms with van der Waals surface area (Å²) in [5.74, 6) is -0.376. The first kappa shape index (κ1) is 14.6. The maximum absolute atomic E-state index is 11.4. The molecule has 2 N–H and O–H groups in total. The van der Waals surface area contributed by atoms with E-state index >= 15 is 0 Å². The monoisotopic (exact) mass is 267 g/mol. The molecule has 0 bridgehead atoms. The molecule has 1 atom stereocenters. The lowest BCUT2D eigenvalue weighted by molar-refractivity contribution is -0.141. The maximum Gasteiger partial charge on any atom is 0.325 e. The van der Waals surface area contributed by atoms with Crippen molar-refractivity contribution in [3.63, 3.8) is 0 Å². The number of amides is 1. The average Bonchev–Trinajstić information content (AvgIpc) is 2.35. The lowest BCUT2D eigenvalue weighted by Crippen LogP contribution is -2.38. The molecule has 0 spiro atoms. The summed E-state index contributed by atoms with van der Waals surface area (Å²) >= 11 is 1.69. The van der Waals surface area contributed by atoms with Gasteiger partial charge in [-0.1, -0.05) is 18.2 Å². The van der Waals surface area contributed by atoms with Crippen LogP contribution in [0, 0.1) is 0 Å². The van der Waals surface area contributed by atoms with E-state index in [9.17, 15) is 9.59 Å². The molecule has 0 fully saturated rings. The van der Waals surface area contributed by atoms with Crippen molar-refractivity contribution >= 4 is 23.6 Å². The molecule has 1 amide bonds. The minimum Gasteiger partial charge on any atom is -0.480 e. The second kappa shape index (κ2) is 7.76. The van der Waals surface area contributed by atoms with Gasteiger partial charge in [0.1, 0.15) is 6.04 Å². The molecule has 5 heteroatoms. The second-order valence-electron chi connectivity index (χ2n) is 3.89. The Morgan fingerprint density at radius 2 is 2.00 bits per heavy atom. The fourth-order valence-electron chi connectivity index (χ4n) is 1.31. The number of nitrogens with one attached hydrogen (secondary N) is 1. The van der Waals surface area contributed by atoms with Gasteiger partial charge in [0.05, 0.1) is 0 Å². The predicted molar refractivity (Wildman–Crippen MR) is 71.6 cm³/mol. The van der Waals surface area contributed by atoms with Crippen LogP contribution in [0.1, 0.15) is 19.8 Å². The molecule has 18 heavy (non-hydrogen) atoms. The van der Waals surface area contributed by atoms with E-state index in [4.69, 9.17) is 5.11 Å². The molecule has 0 radical (unpaired) electrons. The number of thioether (sulfide) groups is 1. The summed E-state index contributed by atoms with van der Waals surface area (Å²) in [6.45, 7) is 1.46. The Labute approximate surface area is 111 Å². The van der Waals surface area contributed by atoms with Crippen LogP contribution in [0.4, 0.5) is 0 Å². The molecule has 0 aliphatic carbocycles. The molecule has 1 aromatic carbocycles. The molecule has 0 unspecified atom stereocenters. The number of carbonyl (C=O) groups is 2. The quantitative estimate of drug-likeness (QED) is 0.587. The van der Waals surface area contributed by atoms with Gasteiger partial charge in [0.15, 0.2) is 0 Å². The summed E-state index contributed by atoms with van der Waals surface area (Å²) < 4.78 is 0. The average molecular weight is 267 g/mol. The molecule has 0 aliphatic rings. The van der Waals surface area contributed by atoms with Crippen LogP contribution in [0.2, 0.25) is 0 Å². The van der Waals surface area contributed by atoms with Crippen LogP contribution in [0.15, 0.2) is 35.2 Å². The van der Waals surface area contributed by atoms with E-state index in [0.29, 0.717) is 6.42 Å². The summed E-state index contributed by atoms with van der Waals surface area (Å²) in [6, 6.07) is 9.14. The molecule has 0 heterocycles. The van der Waals surface area contributed by atoms with Gasteiger partial charge in [-0.2, -0.15) is 0 Å². The largest absolute Gasteiger partial charge is 0.480 e. The highest BCUT2D eigenvalue weighted by Crippen LogP contribution is 2.18. The first-order valence-corrected chi connectivity index (χ1v) is 6.78. The van der Waals surface area contributed by atoms with Crippen molar-refractivity contribution in [2.24, 2.45) is 0 Å². The van der Waals surface area contributed by atoms with Crippen molar-refractivity contribution in [2.45, 2.75) is 30.7 Å². The lowest BCUT2D eigenvalue weighted by Gasteiger charge is -2.08. The predicted octanol–water partition coefficient (Wildman–Crippen LogP) is 2.15. The van der Waals surface area contributed by atoms with Crippen LogP contribution < -0.4 is 5.32 Å². The minimum atomic E-state index is -1.01. The van der Waals surface area contributed by atoms with Crippen molar-refractivity contribution in [3.8, 4) is 0 Å². The highest BCUT2D eigenvalue weighted by Gasteiger charge is 2.13. The summed E-state index contributed by atoms with van der Waals surface area (Å²) in [4.78, 5) is 23.1. The van der Waals surface area contributed by atoms with Gasteiger partial charge in [0.2, 0.25) is 5.91 Å².